The van der Waals surface area contributed by atoms with E-state index < -0.39 is 0 Å². The van der Waals surface area contributed by atoms with Crippen molar-refractivity contribution in [2.75, 3.05) is 0 Å². The fourth-order valence-corrected chi connectivity index (χ4v) is 1.96. The number of carbonyl (C=O) groups is 1. The summed E-state index contributed by atoms with van der Waals surface area (Å²) >= 11 is 0. The minimum absolute atomic E-state index is 0.143. The number of aryl methyl sites for hydroxylation is 2. The van der Waals surface area contributed by atoms with E-state index in [1.807, 2.05) is 55.9 Å². The molecule has 3 nitrogen and oxygen atoms in total. The van der Waals surface area contributed by atoms with E-state index in [0.717, 1.165) is 22.5 Å². The quantitative estimate of drug-likeness (QED) is 0.756. The molecule has 0 aliphatic carbocycles. The van der Waals surface area contributed by atoms with E-state index in [1.165, 1.54) is 0 Å². The molecule has 0 bridgehead atoms. The average Bonchev–Trinajstić information content (AvgIpc) is 2.57. The summed E-state index contributed by atoms with van der Waals surface area (Å²) in [5, 5.41) is 4.32. The van der Waals surface area contributed by atoms with Crippen molar-refractivity contribution in [2.24, 2.45) is 7.05 Å². The third-order valence-electron chi connectivity index (χ3n) is 3.09. The highest BCUT2D eigenvalue weighted by atomic mass is 16.1. The van der Waals surface area contributed by atoms with Gasteiger partial charge in [-0.25, -0.2) is 0 Å². The van der Waals surface area contributed by atoms with Crippen LogP contribution in [-0.2, 0) is 13.5 Å². The second-order valence-corrected chi connectivity index (χ2v) is 4.24. The molecule has 0 amide bonds. The van der Waals surface area contributed by atoms with Crippen molar-refractivity contribution in [3.63, 3.8) is 0 Å². The first-order valence-corrected chi connectivity index (χ1v) is 5.67. The normalized spacial score (nSPS) is 10.5. The lowest BCUT2D eigenvalue weighted by Gasteiger charge is -2.02. The van der Waals surface area contributed by atoms with Gasteiger partial charge in [-0.05, 0) is 13.8 Å². The molecule has 17 heavy (non-hydrogen) atoms. The van der Waals surface area contributed by atoms with Crippen LogP contribution >= 0.6 is 0 Å². The summed E-state index contributed by atoms with van der Waals surface area (Å²) in [5.74, 6) is 0.143. The molecular weight excluding hydrogens is 212 g/mol. The zero-order chi connectivity index (χ0) is 12.4. The highest BCUT2D eigenvalue weighted by molar-refractivity contribution is 5.97. The first-order chi connectivity index (χ1) is 8.09. The van der Waals surface area contributed by atoms with Crippen molar-refractivity contribution < 1.29 is 4.79 Å². The van der Waals surface area contributed by atoms with Crippen molar-refractivity contribution in [2.45, 2.75) is 20.3 Å². The maximum absolute atomic E-state index is 12.1. The third kappa shape index (κ3) is 2.28. The van der Waals surface area contributed by atoms with Gasteiger partial charge in [0.15, 0.2) is 5.78 Å². The molecule has 0 atom stereocenters. The fraction of sp³-hybridized carbons (Fsp3) is 0.286. The van der Waals surface area contributed by atoms with Crippen LogP contribution in [0.3, 0.4) is 0 Å². The number of benzene rings is 1. The summed E-state index contributed by atoms with van der Waals surface area (Å²) in [6.45, 7) is 3.94. The van der Waals surface area contributed by atoms with Crippen LogP contribution < -0.4 is 0 Å². The van der Waals surface area contributed by atoms with Gasteiger partial charge >= 0.3 is 0 Å². The topological polar surface area (TPSA) is 34.9 Å². The molecule has 1 heterocycles. The van der Waals surface area contributed by atoms with E-state index in [1.54, 1.807) is 0 Å². The Morgan fingerprint density at radius 1 is 1.24 bits per heavy atom. The van der Waals surface area contributed by atoms with Gasteiger partial charge in [0.2, 0.25) is 0 Å². The molecule has 1 aromatic heterocycles. The molecule has 0 saturated heterocycles. The zero-order valence-electron chi connectivity index (χ0n) is 10.4. The zero-order valence-corrected chi connectivity index (χ0v) is 10.4. The fourth-order valence-electron chi connectivity index (χ4n) is 1.96. The molecule has 0 N–H and O–H groups in total. The summed E-state index contributed by atoms with van der Waals surface area (Å²) in [6, 6.07) is 9.39. The van der Waals surface area contributed by atoms with Gasteiger partial charge in [0.25, 0.3) is 0 Å². The number of ketones is 1. The molecule has 88 valence electrons. The second-order valence-electron chi connectivity index (χ2n) is 4.24. The van der Waals surface area contributed by atoms with Gasteiger partial charge in [-0.3, -0.25) is 9.48 Å². The molecule has 2 aromatic rings. The molecular formula is C14H16N2O. The molecule has 0 saturated carbocycles. The minimum atomic E-state index is 0.143. The number of rotatable bonds is 3. The largest absolute Gasteiger partial charge is 0.294 e. The van der Waals surface area contributed by atoms with Crippen LogP contribution in [0.25, 0.3) is 0 Å². The lowest BCUT2D eigenvalue weighted by atomic mass is 10.0. The Bertz CT molecular complexity index is 541. The maximum atomic E-state index is 12.1. The van der Waals surface area contributed by atoms with E-state index in [9.17, 15) is 4.79 Å². The van der Waals surface area contributed by atoms with Crippen LogP contribution in [0.4, 0.5) is 0 Å². The number of hydrogen-bond acceptors (Lipinski definition) is 2. The van der Waals surface area contributed by atoms with Gasteiger partial charge in [0.1, 0.15) is 0 Å². The Morgan fingerprint density at radius 2 is 1.88 bits per heavy atom. The van der Waals surface area contributed by atoms with E-state index in [0.29, 0.717) is 6.42 Å². The number of Topliss-reactive ketones (excluding diaryl/α,β-unsaturated/α-hetero) is 1. The molecule has 0 fully saturated rings. The lowest BCUT2D eigenvalue weighted by Crippen LogP contribution is -2.05. The Balaban J connectivity index is 2.25. The number of nitrogens with zero attached hydrogens (tertiary/aromatic N) is 2. The molecule has 0 unspecified atom stereocenters. The van der Waals surface area contributed by atoms with Crippen molar-refractivity contribution in [1.82, 2.24) is 9.78 Å². The maximum Gasteiger partial charge on any atom is 0.167 e. The average molecular weight is 228 g/mol. The molecule has 0 spiro atoms. The Labute approximate surface area is 101 Å². The molecule has 0 radical (unpaired) electrons. The highest BCUT2D eigenvalue weighted by Crippen LogP contribution is 2.15. The minimum Gasteiger partial charge on any atom is -0.294 e. The molecule has 1 aromatic carbocycles. The van der Waals surface area contributed by atoms with Crippen LogP contribution in [0.1, 0.15) is 27.3 Å². The van der Waals surface area contributed by atoms with Crippen LogP contribution in [0, 0.1) is 13.8 Å². The summed E-state index contributed by atoms with van der Waals surface area (Å²) in [4.78, 5) is 12.1. The lowest BCUT2D eigenvalue weighted by molar-refractivity contribution is 0.0992. The standard InChI is InChI=1S/C14H16N2O/c1-10-13(11(2)16(3)15-10)9-14(17)12-7-5-4-6-8-12/h4-8H,9H2,1-3H3. The monoisotopic (exact) mass is 228 g/mol. The van der Waals surface area contributed by atoms with Crippen molar-refractivity contribution in [1.29, 1.82) is 0 Å². The van der Waals surface area contributed by atoms with Gasteiger partial charge < -0.3 is 0 Å². The van der Waals surface area contributed by atoms with Crippen LogP contribution in [0.15, 0.2) is 30.3 Å². The van der Waals surface area contributed by atoms with Gasteiger partial charge in [0.05, 0.1) is 5.69 Å². The molecule has 0 aliphatic heterocycles. The SMILES string of the molecule is Cc1nn(C)c(C)c1CC(=O)c1ccccc1. The van der Waals surface area contributed by atoms with Crippen molar-refractivity contribution in [3.8, 4) is 0 Å². The smallest absolute Gasteiger partial charge is 0.167 e. The van der Waals surface area contributed by atoms with Gasteiger partial charge in [-0.1, -0.05) is 30.3 Å². The predicted molar refractivity (Wildman–Crippen MR) is 67.2 cm³/mol. The Kier molecular flexibility index (Phi) is 3.09. The van der Waals surface area contributed by atoms with Crippen LogP contribution in [0.2, 0.25) is 0 Å². The van der Waals surface area contributed by atoms with E-state index in [2.05, 4.69) is 5.10 Å². The van der Waals surface area contributed by atoms with E-state index in [4.69, 9.17) is 0 Å². The summed E-state index contributed by atoms with van der Waals surface area (Å²) in [6.07, 6.45) is 0.426. The van der Waals surface area contributed by atoms with E-state index in [-0.39, 0.29) is 5.78 Å². The first kappa shape index (κ1) is 11.6. The molecule has 2 rings (SSSR count). The van der Waals surface area contributed by atoms with Crippen LogP contribution in [-0.4, -0.2) is 15.6 Å². The van der Waals surface area contributed by atoms with Gasteiger partial charge in [-0.15, -0.1) is 0 Å². The number of aromatic nitrogens is 2. The Morgan fingerprint density at radius 3 is 2.41 bits per heavy atom. The summed E-state index contributed by atoms with van der Waals surface area (Å²) in [7, 11) is 1.90. The van der Waals surface area contributed by atoms with Crippen molar-refractivity contribution >= 4 is 5.78 Å². The third-order valence-corrected chi connectivity index (χ3v) is 3.09. The predicted octanol–water partition coefficient (Wildman–Crippen LogP) is 2.46. The van der Waals surface area contributed by atoms with Crippen LogP contribution in [0.5, 0.6) is 0 Å². The Hall–Kier alpha value is -1.90. The van der Waals surface area contributed by atoms with E-state index >= 15 is 0 Å². The molecule has 0 aliphatic rings. The van der Waals surface area contributed by atoms with Gasteiger partial charge in [0, 0.05) is 30.3 Å². The highest BCUT2D eigenvalue weighted by Gasteiger charge is 2.14. The summed E-state index contributed by atoms with van der Waals surface area (Å²) < 4.78 is 1.82. The first-order valence-electron chi connectivity index (χ1n) is 5.67. The number of carbonyl (C=O) groups excluding carboxylic acids is 1. The van der Waals surface area contributed by atoms with Crippen molar-refractivity contribution in [3.05, 3.63) is 52.8 Å². The number of hydrogen-bond donors (Lipinski definition) is 0. The molecule has 3 heteroatoms. The second kappa shape index (κ2) is 4.53. The summed E-state index contributed by atoms with van der Waals surface area (Å²) in [5.41, 5.74) is 3.80. The van der Waals surface area contributed by atoms with Gasteiger partial charge in [-0.2, -0.15) is 5.10 Å².